The molecule has 4 aromatic carbocycles. The van der Waals surface area contributed by atoms with Crippen molar-refractivity contribution in [3.8, 4) is 69.8 Å². The van der Waals surface area contributed by atoms with Gasteiger partial charge in [-0.25, -0.2) is 29.9 Å². The number of fused-ring (bicyclic) bond motifs is 2. The van der Waals surface area contributed by atoms with Gasteiger partial charge in [0.15, 0.2) is 0 Å². The third-order valence-electron chi connectivity index (χ3n) is 9.32. The number of hydrogen-bond acceptors (Lipinski definition) is 14. The van der Waals surface area contributed by atoms with Crippen molar-refractivity contribution in [1.82, 2.24) is 59.8 Å². The van der Waals surface area contributed by atoms with Crippen molar-refractivity contribution in [2.24, 2.45) is 0 Å². The third kappa shape index (κ3) is 10.6. The second kappa shape index (κ2) is 20.8. The van der Waals surface area contributed by atoms with E-state index in [1.165, 1.54) is 24.8 Å². The van der Waals surface area contributed by atoms with E-state index in [0.717, 1.165) is 55.7 Å². The van der Waals surface area contributed by atoms with E-state index in [-0.39, 0.29) is 11.8 Å². The van der Waals surface area contributed by atoms with Crippen LogP contribution in [0.2, 0.25) is 0 Å². The number of aromatic amines is 1. The Bertz CT molecular complexity index is 3310. The highest BCUT2D eigenvalue weighted by Gasteiger charge is 2.19. The van der Waals surface area contributed by atoms with Crippen LogP contribution in [0.3, 0.4) is 0 Å². The van der Waals surface area contributed by atoms with Gasteiger partial charge in [-0.2, -0.15) is 17.6 Å². The van der Waals surface area contributed by atoms with Gasteiger partial charge in [0.1, 0.15) is 0 Å². The molecule has 0 aliphatic rings. The minimum absolute atomic E-state index is 0.0675. The van der Waals surface area contributed by atoms with E-state index in [4.69, 9.17) is 21.7 Å². The van der Waals surface area contributed by atoms with Gasteiger partial charge in [-0.15, -0.1) is 33.2 Å². The monoisotopic (exact) mass is 966 g/mol. The van der Waals surface area contributed by atoms with E-state index < -0.39 is 24.6 Å². The highest BCUT2D eigenvalue weighted by atomic mass is 79.9. The number of nitrogens with one attached hydrogen (secondary N) is 3. The maximum atomic E-state index is 12.7. The van der Waals surface area contributed by atoms with Crippen molar-refractivity contribution in [2.75, 3.05) is 16.0 Å². The molecule has 0 amide bonds. The van der Waals surface area contributed by atoms with Gasteiger partial charge in [0.2, 0.25) is 11.9 Å². The molecule has 21 heteroatoms. The zero-order valence-corrected chi connectivity index (χ0v) is 36.0. The van der Waals surface area contributed by atoms with Crippen LogP contribution in [0.1, 0.15) is 24.6 Å². The van der Waals surface area contributed by atoms with Gasteiger partial charge in [-0.3, -0.25) is 0 Å². The number of alkyl halides is 5. The first-order valence-corrected chi connectivity index (χ1v) is 20.7. The molecule has 0 fully saturated rings. The number of rotatable bonds is 11. The van der Waals surface area contributed by atoms with Gasteiger partial charge in [0.25, 0.3) is 23.6 Å². The fourth-order valence-electron chi connectivity index (χ4n) is 6.40. The molecule has 0 bridgehead atoms. The summed E-state index contributed by atoms with van der Waals surface area (Å²) in [5, 5.41) is 20.8. The highest BCUT2D eigenvalue weighted by Crippen LogP contribution is 2.34. The van der Waals surface area contributed by atoms with Crippen molar-refractivity contribution < 1.29 is 26.4 Å². The molecule has 0 saturated heterocycles. The summed E-state index contributed by atoms with van der Waals surface area (Å²) in [6.45, 7) is 0.379. The Balaban J connectivity index is 0.000000169. The average molecular weight is 968 g/mol. The normalized spacial score (nSPS) is 10.8. The summed E-state index contributed by atoms with van der Waals surface area (Å²) in [7, 11) is 0. The molecule has 0 aliphatic heterocycles. The molecule has 10 aromatic rings. The largest absolute Gasteiger partial charge is 0.415 e. The quantitative estimate of drug-likeness (QED) is 0.0628. The number of anilines is 4. The predicted octanol–water partition coefficient (Wildman–Crippen LogP) is 10.6. The van der Waals surface area contributed by atoms with Crippen LogP contribution in [-0.2, 0) is 6.54 Å². The minimum Gasteiger partial charge on any atom is -0.415 e. The van der Waals surface area contributed by atoms with Crippen LogP contribution in [-0.4, -0.2) is 65.2 Å². The summed E-state index contributed by atoms with van der Waals surface area (Å²) in [6, 6.07) is 27.5. The number of terminal acetylenes is 2. The molecule has 0 unspecified atom stereocenters. The van der Waals surface area contributed by atoms with Crippen LogP contribution in [0.4, 0.5) is 40.8 Å². The molecule has 332 valence electrons. The van der Waals surface area contributed by atoms with Crippen molar-refractivity contribution in [3.05, 3.63) is 134 Å². The van der Waals surface area contributed by atoms with Crippen LogP contribution in [0, 0.1) is 24.7 Å². The maximum Gasteiger partial charge on any atom is 0.314 e. The van der Waals surface area contributed by atoms with Crippen LogP contribution in [0.25, 0.3) is 67.2 Å². The lowest BCUT2D eigenvalue weighted by Crippen LogP contribution is -1.99. The molecule has 67 heavy (non-hydrogen) atoms. The molecule has 0 radical (unpaired) electrons. The van der Waals surface area contributed by atoms with Gasteiger partial charge < -0.3 is 29.0 Å². The fourth-order valence-corrected chi connectivity index (χ4v) is 6.40. The molecule has 0 spiro atoms. The predicted molar refractivity (Wildman–Crippen MR) is 245 cm³/mol. The molecule has 6 heterocycles. The zero-order valence-electron chi connectivity index (χ0n) is 34.4. The van der Waals surface area contributed by atoms with Crippen LogP contribution >= 0.6 is 15.9 Å². The molecule has 0 saturated carbocycles. The van der Waals surface area contributed by atoms with Gasteiger partial charge in [-0.1, -0.05) is 88.4 Å². The Morgan fingerprint density at radius 2 is 1.10 bits per heavy atom. The third-order valence-corrected chi connectivity index (χ3v) is 9.65. The smallest absolute Gasteiger partial charge is 0.314 e. The molecule has 16 nitrogen and oxygen atoms in total. The lowest BCUT2D eigenvalue weighted by Gasteiger charge is -2.10. The topological polar surface area (TPSA) is 200 Å². The Morgan fingerprint density at radius 1 is 0.612 bits per heavy atom. The second-order valence-corrected chi connectivity index (χ2v) is 14.3. The summed E-state index contributed by atoms with van der Waals surface area (Å²) in [4.78, 5) is 29.0. The minimum atomic E-state index is -2.84. The van der Waals surface area contributed by atoms with Crippen molar-refractivity contribution >= 4 is 61.3 Å². The Hall–Kier alpha value is -8.82. The summed E-state index contributed by atoms with van der Waals surface area (Å²) >= 11 is 3.01. The molecular formula is C46H31BrF4N14O2. The van der Waals surface area contributed by atoms with E-state index in [9.17, 15) is 17.6 Å². The maximum absolute atomic E-state index is 12.7. The number of benzene rings is 4. The van der Waals surface area contributed by atoms with Gasteiger partial charge in [0.05, 0.1) is 57.7 Å². The van der Waals surface area contributed by atoms with E-state index in [2.05, 4.69) is 93.7 Å². The number of aromatic nitrogens is 12. The molecular weight excluding hydrogens is 936 g/mol. The number of imidazole rings is 2. The first-order chi connectivity index (χ1) is 32.7. The summed E-state index contributed by atoms with van der Waals surface area (Å²) < 4.78 is 62.3. The first kappa shape index (κ1) is 44.8. The second-order valence-electron chi connectivity index (χ2n) is 13.7. The van der Waals surface area contributed by atoms with Crippen LogP contribution in [0.5, 0.6) is 0 Å². The van der Waals surface area contributed by atoms with Gasteiger partial charge in [0, 0.05) is 47.3 Å². The molecule has 0 atom stereocenters. The van der Waals surface area contributed by atoms with Gasteiger partial charge in [-0.05, 0) is 35.4 Å². The van der Waals surface area contributed by atoms with Crippen molar-refractivity contribution in [2.45, 2.75) is 19.4 Å². The molecule has 6 aromatic heterocycles. The van der Waals surface area contributed by atoms with Crippen LogP contribution < -0.4 is 10.6 Å². The summed E-state index contributed by atoms with van der Waals surface area (Å²) in [5.74, 6) is 3.96. The lowest BCUT2D eigenvalue weighted by molar-refractivity contribution is 0.115. The zero-order chi connectivity index (χ0) is 46.7. The number of halogens is 5. The van der Waals surface area contributed by atoms with Crippen LogP contribution in [0.15, 0.2) is 131 Å². The Morgan fingerprint density at radius 3 is 1.57 bits per heavy atom. The van der Waals surface area contributed by atoms with E-state index in [0.29, 0.717) is 34.9 Å². The number of H-pyrrole nitrogens is 1. The highest BCUT2D eigenvalue weighted by molar-refractivity contribution is 9.09. The number of nitrogens with zero attached hydrogens (tertiary/aromatic N) is 11. The standard InChI is InChI=1S/C23H15F2N7O.C20H13F2N7O.C3H3Br/c1-2-8-32-13-28-19-17(14-6-4-3-5-7-14)9-16(10-18(19)32)29-23-26-11-15(12-27-23)21-30-31-22(33-21)20(24)25;21-17(22)19-29-28-18(30-19)12-8-23-20(24-9-12)27-13-6-14(11-4-2-1-3-5-11)16-15(7-13)25-10-26-16;1-2-3-4/h1,3-7,9-13,20H,8H2,(H,26,27,29);1-10,17H,(H,25,26)(H,23,24,27);1H,3H2. The fraction of sp³-hybridized carbons (Fsp3) is 0.0870. The molecule has 0 aliphatic carbocycles. The Kier molecular flexibility index (Phi) is 13.9. The average Bonchev–Trinajstić information content (AvgIpc) is 4.21. The summed E-state index contributed by atoms with van der Waals surface area (Å²) in [5.41, 5.74) is 9.47. The van der Waals surface area contributed by atoms with Crippen molar-refractivity contribution in [1.29, 1.82) is 0 Å². The van der Waals surface area contributed by atoms with Crippen molar-refractivity contribution in [3.63, 3.8) is 0 Å². The SMILES string of the molecule is C#CCBr.C#CCn1cnc2c(-c3ccccc3)cc(Nc3ncc(-c4nnc(C(F)F)o4)cn3)cc21.FC(F)c1nnc(-c2cnc(Nc3cc(-c4ccccc4)c4nc[nH]c4c3)nc2)o1. The van der Waals surface area contributed by atoms with Gasteiger partial charge >= 0.3 is 12.9 Å². The molecule has 10 rings (SSSR count). The Labute approximate surface area is 385 Å². The lowest BCUT2D eigenvalue weighted by atomic mass is 10.0. The molecule has 3 N–H and O–H groups in total. The number of hydrogen-bond donors (Lipinski definition) is 3. The summed E-state index contributed by atoms with van der Waals surface area (Å²) in [6.07, 6.45) is 13.6. The van der Waals surface area contributed by atoms with E-state index in [1.54, 1.807) is 12.7 Å². The first-order valence-electron chi connectivity index (χ1n) is 19.6. The van der Waals surface area contributed by atoms with E-state index in [1.807, 2.05) is 89.5 Å². The van der Waals surface area contributed by atoms with E-state index >= 15 is 0 Å².